The van der Waals surface area contributed by atoms with Gasteiger partial charge in [0, 0.05) is 5.92 Å². The van der Waals surface area contributed by atoms with E-state index in [0.717, 1.165) is 5.75 Å². The van der Waals surface area contributed by atoms with Gasteiger partial charge in [0.1, 0.15) is 12.5 Å². The first-order valence-corrected chi connectivity index (χ1v) is 6.77. The summed E-state index contributed by atoms with van der Waals surface area (Å²) in [6, 6.07) is 18.6. The molecule has 0 amide bonds. The van der Waals surface area contributed by atoms with Gasteiger partial charge in [-0.2, -0.15) is 0 Å². The van der Waals surface area contributed by atoms with E-state index in [4.69, 9.17) is 14.2 Å². The maximum atomic E-state index is 5.73. The van der Waals surface area contributed by atoms with Gasteiger partial charge in [0.25, 0.3) is 0 Å². The fraction of sp³-hybridized carbons (Fsp3) is 0.294. The first-order chi connectivity index (χ1) is 9.88. The lowest BCUT2D eigenvalue weighted by atomic mass is 9.87. The molecule has 0 radical (unpaired) electrons. The van der Waals surface area contributed by atoms with E-state index in [1.165, 1.54) is 11.1 Å². The average Bonchev–Trinajstić information content (AvgIpc) is 3.03. The molecule has 0 spiro atoms. The lowest BCUT2D eigenvalue weighted by Crippen LogP contribution is -2.22. The number of ether oxygens (including phenoxy) is 3. The van der Waals surface area contributed by atoms with Crippen LogP contribution in [-0.2, 0) is 9.47 Å². The molecular weight excluding hydrogens is 252 g/mol. The largest absolute Gasteiger partial charge is 0.497 e. The summed E-state index contributed by atoms with van der Waals surface area (Å²) >= 11 is 0. The van der Waals surface area contributed by atoms with Crippen molar-refractivity contribution in [3.8, 4) is 5.75 Å². The van der Waals surface area contributed by atoms with Crippen LogP contribution in [0.4, 0.5) is 0 Å². The van der Waals surface area contributed by atoms with Crippen LogP contribution in [0.15, 0.2) is 54.6 Å². The van der Waals surface area contributed by atoms with Gasteiger partial charge in [-0.3, -0.25) is 0 Å². The number of rotatable bonds is 4. The Hall–Kier alpha value is -1.84. The third-order valence-corrected chi connectivity index (χ3v) is 3.65. The first-order valence-electron chi connectivity index (χ1n) is 6.77. The molecule has 0 N–H and O–H groups in total. The van der Waals surface area contributed by atoms with Gasteiger partial charge in [0.05, 0.1) is 19.8 Å². The number of hydrogen-bond acceptors (Lipinski definition) is 3. The molecular formula is C17H18O3. The molecule has 3 rings (SSSR count). The van der Waals surface area contributed by atoms with Gasteiger partial charge in [-0.05, 0) is 23.3 Å². The van der Waals surface area contributed by atoms with E-state index >= 15 is 0 Å². The molecule has 2 aromatic rings. The first kappa shape index (κ1) is 13.2. The minimum atomic E-state index is 0.0609. The summed E-state index contributed by atoms with van der Waals surface area (Å²) in [6.07, 6.45) is 0.0609. The second-order valence-electron chi connectivity index (χ2n) is 4.86. The summed E-state index contributed by atoms with van der Waals surface area (Å²) in [7, 11) is 1.68. The second-order valence-corrected chi connectivity index (χ2v) is 4.86. The van der Waals surface area contributed by atoms with E-state index in [2.05, 4.69) is 36.4 Å². The van der Waals surface area contributed by atoms with Crippen molar-refractivity contribution < 1.29 is 14.2 Å². The number of benzene rings is 2. The predicted molar refractivity (Wildman–Crippen MR) is 77.0 cm³/mol. The summed E-state index contributed by atoms with van der Waals surface area (Å²) in [4.78, 5) is 0. The molecule has 1 fully saturated rings. The molecule has 0 saturated carbocycles. The van der Waals surface area contributed by atoms with Crippen LogP contribution in [0.25, 0.3) is 0 Å². The monoisotopic (exact) mass is 270 g/mol. The Morgan fingerprint density at radius 3 is 2.30 bits per heavy atom. The Morgan fingerprint density at radius 1 is 1.00 bits per heavy atom. The van der Waals surface area contributed by atoms with Crippen LogP contribution in [0.1, 0.15) is 17.0 Å². The summed E-state index contributed by atoms with van der Waals surface area (Å²) in [6.45, 7) is 1.01. The Labute approximate surface area is 119 Å². The van der Waals surface area contributed by atoms with Crippen molar-refractivity contribution in [1.29, 1.82) is 0 Å². The molecule has 1 saturated heterocycles. The molecule has 1 heterocycles. The van der Waals surface area contributed by atoms with Gasteiger partial charge in [-0.1, -0.05) is 42.5 Å². The van der Waals surface area contributed by atoms with Crippen LogP contribution in [-0.4, -0.2) is 26.6 Å². The van der Waals surface area contributed by atoms with E-state index in [1.54, 1.807) is 7.11 Å². The van der Waals surface area contributed by atoms with Crippen molar-refractivity contribution in [2.75, 3.05) is 20.5 Å². The molecule has 3 heteroatoms. The van der Waals surface area contributed by atoms with Crippen LogP contribution in [0.2, 0.25) is 0 Å². The Morgan fingerprint density at radius 2 is 1.70 bits per heavy atom. The van der Waals surface area contributed by atoms with E-state index in [1.807, 2.05) is 18.2 Å². The molecule has 1 aliphatic rings. The molecule has 2 aromatic carbocycles. The molecule has 2 atom stereocenters. The lowest BCUT2D eigenvalue weighted by molar-refractivity contribution is 0.0426. The highest BCUT2D eigenvalue weighted by Gasteiger charge is 2.29. The number of hydrogen-bond donors (Lipinski definition) is 0. The van der Waals surface area contributed by atoms with Gasteiger partial charge in [-0.25, -0.2) is 0 Å². The highest BCUT2D eigenvalue weighted by Crippen LogP contribution is 2.32. The summed E-state index contributed by atoms with van der Waals surface area (Å²) in [5, 5.41) is 0. The quantitative estimate of drug-likeness (QED) is 0.854. The number of methoxy groups -OCH3 is 1. The zero-order chi connectivity index (χ0) is 13.8. The third kappa shape index (κ3) is 2.69. The van der Waals surface area contributed by atoms with Crippen LogP contribution < -0.4 is 4.74 Å². The van der Waals surface area contributed by atoms with Gasteiger partial charge >= 0.3 is 0 Å². The standard InChI is InChI=1S/C17H18O3/c1-18-15-9-7-14(8-10-15)17(16-11-19-12-20-16)13-5-3-2-4-6-13/h2-10,16-17H,11-12H2,1H3/t16-,17-/m1/s1. The highest BCUT2D eigenvalue weighted by molar-refractivity contribution is 5.37. The maximum Gasteiger partial charge on any atom is 0.147 e. The third-order valence-electron chi connectivity index (χ3n) is 3.65. The van der Waals surface area contributed by atoms with Crippen LogP contribution >= 0.6 is 0 Å². The molecule has 1 aliphatic heterocycles. The fourth-order valence-corrected chi connectivity index (χ4v) is 2.63. The van der Waals surface area contributed by atoms with Gasteiger partial charge in [0.2, 0.25) is 0 Å². The summed E-state index contributed by atoms with van der Waals surface area (Å²) in [5.41, 5.74) is 2.46. The lowest BCUT2D eigenvalue weighted by Gasteiger charge is -2.23. The second kappa shape index (κ2) is 6.07. The van der Waals surface area contributed by atoms with Crippen LogP contribution in [0, 0.1) is 0 Å². The Kier molecular flexibility index (Phi) is 4.00. The topological polar surface area (TPSA) is 27.7 Å². The van der Waals surface area contributed by atoms with E-state index in [9.17, 15) is 0 Å². The molecule has 0 aromatic heterocycles. The zero-order valence-corrected chi connectivity index (χ0v) is 11.5. The van der Waals surface area contributed by atoms with Crippen LogP contribution in [0.5, 0.6) is 5.75 Å². The van der Waals surface area contributed by atoms with E-state index in [-0.39, 0.29) is 12.0 Å². The molecule has 0 unspecified atom stereocenters. The van der Waals surface area contributed by atoms with Crippen molar-refractivity contribution in [2.45, 2.75) is 12.0 Å². The van der Waals surface area contributed by atoms with Crippen molar-refractivity contribution in [3.05, 3.63) is 65.7 Å². The Bertz CT molecular complexity index is 530. The van der Waals surface area contributed by atoms with Gasteiger partial charge < -0.3 is 14.2 Å². The smallest absolute Gasteiger partial charge is 0.147 e. The molecule has 104 valence electrons. The fourth-order valence-electron chi connectivity index (χ4n) is 2.63. The molecule has 0 bridgehead atoms. The van der Waals surface area contributed by atoms with E-state index < -0.39 is 0 Å². The normalized spacial score (nSPS) is 19.8. The Balaban J connectivity index is 1.95. The minimum Gasteiger partial charge on any atom is -0.497 e. The van der Waals surface area contributed by atoms with Crippen molar-refractivity contribution in [2.24, 2.45) is 0 Å². The van der Waals surface area contributed by atoms with E-state index in [0.29, 0.717) is 13.4 Å². The predicted octanol–water partition coefficient (Wildman–Crippen LogP) is 3.20. The van der Waals surface area contributed by atoms with Crippen molar-refractivity contribution >= 4 is 0 Å². The van der Waals surface area contributed by atoms with Crippen molar-refractivity contribution in [1.82, 2.24) is 0 Å². The molecule has 20 heavy (non-hydrogen) atoms. The summed E-state index contributed by atoms with van der Waals surface area (Å²) in [5.74, 6) is 1.05. The molecule has 3 nitrogen and oxygen atoms in total. The SMILES string of the molecule is COc1ccc([C@@H](c2ccccc2)[C@H]2COCO2)cc1. The zero-order valence-electron chi connectivity index (χ0n) is 11.5. The highest BCUT2D eigenvalue weighted by atomic mass is 16.7. The average molecular weight is 270 g/mol. The summed E-state index contributed by atoms with van der Waals surface area (Å²) < 4.78 is 16.3. The van der Waals surface area contributed by atoms with Crippen LogP contribution in [0.3, 0.4) is 0 Å². The maximum absolute atomic E-state index is 5.73. The van der Waals surface area contributed by atoms with Crippen molar-refractivity contribution in [3.63, 3.8) is 0 Å². The molecule has 0 aliphatic carbocycles. The van der Waals surface area contributed by atoms with Gasteiger partial charge in [-0.15, -0.1) is 0 Å². The minimum absolute atomic E-state index is 0.0609. The van der Waals surface area contributed by atoms with Gasteiger partial charge in [0.15, 0.2) is 0 Å².